The third-order valence-electron chi connectivity index (χ3n) is 8.72. The van der Waals surface area contributed by atoms with Crippen LogP contribution in [0.1, 0.15) is 71.3 Å². The van der Waals surface area contributed by atoms with Crippen molar-refractivity contribution in [3.8, 4) is 0 Å². The van der Waals surface area contributed by atoms with Gasteiger partial charge in [0.1, 0.15) is 12.2 Å². The van der Waals surface area contributed by atoms with Crippen molar-refractivity contribution in [1.29, 1.82) is 0 Å². The van der Waals surface area contributed by atoms with E-state index in [1.165, 1.54) is 12.0 Å². The fraction of sp³-hybridized carbons (Fsp3) is 0.769. The highest BCUT2D eigenvalue weighted by Crippen LogP contribution is 2.59. The second kappa shape index (κ2) is 9.90. The van der Waals surface area contributed by atoms with Gasteiger partial charge in [-0.2, -0.15) is 0 Å². The summed E-state index contributed by atoms with van der Waals surface area (Å²) >= 11 is 0. The predicted octanol–water partition coefficient (Wildman–Crippen LogP) is 4.26. The minimum Gasteiger partial charge on any atom is -0.411 e. The molecule has 1 aromatic rings. The summed E-state index contributed by atoms with van der Waals surface area (Å²) in [6, 6.07) is 10.6. The first-order valence-electron chi connectivity index (χ1n) is 13.2. The Morgan fingerprint density at radius 3 is 2.44 bits per heavy atom. The zero-order valence-corrected chi connectivity index (χ0v) is 21.9. The molecule has 7 nitrogen and oxygen atoms in total. The highest BCUT2D eigenvalue weighted by molar-refractivity contribution is 6.79. The topological polar surface area (TPSA) is 80.6 Å². The van der Waals surface area contributed by atoms with Gasteiger partial charge in [0.2, 0.25) is 8.32 Å². The van der Waals surface area contributed by atoms with E-state index in [4.69, 9.17) is 18.8 Å². The molecule has 8 atom stereocenters. The predicted molar refractivity (Wildman–Crippen MR) is 130 cm³/mol. The molecule has 3 saturated heterocycles. The van der Waals surface area contributed by atoms with Crippen LogP contribution in [-0.4, -0.2) is 67.1 Å². The molecule has 8 heteroatoms. The lowest BCUT2D eigenvalue weighted by atomic mass is 9.81. The van der Waals surface area contributed by atoms with E-state index in [-0.39, 0.29) is 30.4 Å². The van der Waals surface area contributed by atoms with Crippen LogP contribution in [0.2, 0.25) is 16.6 Å². The second-order valence-corrected chi connectivity index (χ2v) is 16.1. The van der Waals surface area contributed by atoms with E-state index >= 15 is 0 Å². The average Bonchev–Trinajstić information content (AvgIpc) is 3.39. The number of aliphatic hydroxyl groups excluding tert-OH is 2. The average molecular weight is 492 g/mol. The molecule has 0 amide bonds. The molecule has 0 spiro atoms. The van der Waals surface area contributed by atoms with E-state index in [9.17, 15) is 10.2 Å². The molecule has 2 N–H and O–H groups in total. The summed E-state index contributed by atoms with van der Waals surface area (Å²) in [5.74, 6) is 0.358. The SMILES string of the molecule is CC(C)[Si]1(C(C)C)O[C@H]2C[C@H](O[C@H]3CCCC[C@@H]3c3ccccc3)ON3O[C@H]([C@H](O)CO)[C@@H]1[C@@H]23. The molecule has 0 radical (unpaired) electrons. The van der Waals surface area contributed by atoms with Gasteiger partial charge in [0.25, 0.3) is 0 Å². The molecule has 1 aliphatic carbocycles. The van der Waals surface area contributed by atoms with Crippen LogP contribution in [0.15, 0.2) is 30.3 Å². The van der Waals surface area contributed by atoms with Gasteiger partial charge in [-0.05, 0) is 29.5 Å². The van der Waals surface area contributed by atoms with E-state index in [0.29, 0.717) is 23.4 Å². The zero-order valence-electron chi connectivity index (χ0n) is 20.9. The van der Waals surface area contributed by atoms with E-state index in [1.54, 1.807) is 5.23 Å². The summed E-state index contributed by atoms with van der Waals surface area (Å²) in [7, 11) is -2.37. The Bertz CT molecular complexity index is 817. The van der Waals surface area contributed by atoms with Crippen molar-refractivity contribution < 1.29 is 29.1 Å². The molecular weight excluding hydrogens is 450 g/mol. The van der Waals surface area contributed by atoms with Crippen molar-refractivity contribution in [2.24, 2.45) is 0 Å². The van der Waals surface area contributed by atoms with Gasteiger partial charge in [0.15, 0.2) is 6.29 Å². The normalized spacial score (nSPS) is 38.4. The monoisotopic (exact) mass is 491 g/mol. The number of ether oxygens (including phenoxy) is 1. The standard InChI is InChI=1S/C26H41NO6Si/c1-16(2)34(17(3)4)26-24-22(33-34)14-23(31-27(24)32-25(26)20(29)15-28)30-21-13-9-8-12-19(21)18-10-6-5-7-11-18/h5-7,10-11,16-17,19-26,28-29H,8-9,12-15H2,1-4H3/t19-,20-,21+,22+,23-,24-,25-,26+/m1/s1. The molecule has 4 fully saturated rings. The molecule has 0 bridgehead atoms. The van der Waals surface area contributed by atoms with E-state index in [1.807, 2.05) is 0 Å². The van der Waals surface area contributed by atoms with Crippen LogP contribution in [0.25, 0.3) is 0 Å². The van der Waals surface area contributed by atoms with Gasteiger partial charge >= 0.3 is 0 Å². The maximum absolute atomic E-state index is 10.7. The van der Waals surface area contributed by atoms with E-state index in [0.717, 1.165) is 19.3 Å². The Balaban J connectivity index is 1.39. The Morgan fingerprint density at radius 2 is 1.76 bits per heavy atom. The fourth-order valence-electron chi connectivity index (χ4n) is 7.25. The number of rotatable bonds is 7. The first kappa shape index (κ1) is 24.8. The third kappa shape index (κ3) is 4.10. The van der Waals surface area contributed by atoms with Gasteiger partial charge in [-0.15, -0.1) is 0 Å². The number of hydrogen-bond donors (Lipinski definition) is 2. The van der Waals surface area contributed by atoms with Crippen LogP contribution >= 0.6 is 0 Å². The summed E-state index contributed by atoms with van der Waals surface area (Å²) in [6.45, 7) is 8.59. The minimum absolute atomic E-state index is 0.0346. The second-order valence-electron chi connectivity index (χ2n) is 11.2. The van der Waals surface area contributed by atoms with Crippen LogP contribution in [0.5, 0.6) is 0 Å². The largest absolute Gasteiger partial charge is 0.411 e. The Labute approximate surface area is 204 Å². The molecule has 1 aromatic carbocycles. The van der Waals surface area contributed by atoms with Crippen molar-refractivity contribution in [2.75, 3.05) is 6.61 Å². The Hall–Kier alpha value is -0.843. The third-order valence-corrected chi connectivity index (χ3v) is 14.8. The number of hydroxylamine groups is 2. The summed E-state index contributed by atoms with van der Waals surface area (Å²) in [6.07, 6.45) is 3.26. The van der Waals surface area contributed by atoms with Gasteiger partial charge in [-0.25, -0.2) is 4.84 Å². The molecule has 3 aliphatic heterocycles. The van der Waals surface area contributed by atoms with Crippen LogP contribution < -0.4 is 0 Å². The fourth-order valence-corrected chi connectivity index (χ4v) is 13.3. The molecule has 3 heterocycles. The number of hydrogen-bond acceptors (Lipinski definition) is 7. The van der Waals surface area contributed by atoms with Gasteiger partial charge in [0, 0.05) is 17.9 Å². The van der Waals surface area contributed by atoms with Gasteiger partial charge in [-0.3, -0.25) is 4.84 Å². The highest BCUT2D eigenvalue weighted by Gasteiger charge is 2.70. The maximum atomic E-state index is 10.7. The van der Waals surface area contributed by atoms with Crippen molar-refractivity contribution in [2.45, 2.75) is 119 Å². The smallest absolute Gasteiger partial charge is 0.205 e. The summed E-state index contributed by atoms with van der Waals surface area (Å²) in [5, 5.41) is 22.0. The quantitative estimate of drug-likeness (QED) is 0.552. The molecule has 0 unspecified atom stereocenters. The van der Waals surface area contributed by atoms with E-state index < -0.39 is 26.8 Å². The van der Waals surface area contributed by atoms with Crippen molar-refractivity contribution in [1.82, 2.24) is 5.23 Å². The van der Waals surface area contributed by atoms with Crippen LogP contribution in [-0.2, 0) is 18.8 Å². The first-order valence-corrected chi connectivity index (χ1v) is 15.3. The molecule has 4 aliphatic rings. The molecule has 190 valence electrons. The van der Waals surface area contributed by atoms with Crippen LogP contribution in [0.3, 0.4) is 0 Å². The Kier molecular flexibility index (Phi) is 7.23. The van der Waals surface area contributed by atoms with Crippen molar-refractivity contribution >= 4 is 8.32 Å². The zero-order chi connectivity index (χ0) is 24.0. The summed E-state index contributed by atoms with van der Waals surface area (Å²) in [5.41, 5.74) is 2.06. The maximum Gasteiger partial charge on any atom is 0.205 e. The van der Waals surface area contributed by atoms with Gasteiger partial charge in [0.05, 0.1) is 24.9 Å². The lowest BCUT2D eigenvalue weighted by Crippen LogP contribution is -2.52. The number of nitrogens with zero attached hydrogens (tertiary/aromatic N) is 1. The minimum atomic E-state index is -2.37. The number of benzene rings is 1. The molecule has 5 rings (SSSR count). The highest BCUT2D eigenvalue weighted by atomic mass is 28.4. The summed E-state index contributed by atoms with van der Waals surface area (Å²) < 4.78 is 13.7. The van der Waals surface area contributed by atoms with Gasteiger partial charge in [-0.1, -0.05) is 76.1 Å². The van der Waals surface area contributed by atoms with Crippen LogP contribution in [0, 0.1) is 0 Å². The first-order chi connectivity index (χ1) is 16.4. The lowest BCUT2D eigenvalue weighted by molar-refractivity contribution is -0.450. The molecule has 1 saturated carbocycles. The van der Waals surface area contributed by atoms with Crippen molar-refractivity contribution in [3.63, 3.8) is 0 Å². The molecule has 0 aromatic heterocycles. The number of aliphatic hydroxyl groups is 2. The summed E-state index contributed by atoms with van der Waals surface area (Å²) in [4.78, 5) is 12.5. The Morgan fingerprint density at radius 1 is 1.06 bits per heavy atom. The lowest BCUT2D eigenvalue weighted by Gasteiger charge is -2.42. The van der Waals surface area contributed by atoms with E-state index in [2.05, 4.69) is 58.0 Å². The molecular formula is C26H41NO6Si. The van der Waals surface area contributed by atoms with Crippen molar-refractivity contribution in [3.05, 3.63) is 35.9 Å². The van der Waals surface area contributed by atoms with Crippen LogP contribution in [0.4, 0.5) is 0 Å². The molecule has 34 heavy (non-hydrogen) atoms. The van der Waals surface area contributed by atoms with Gasteiger partial charge < -0.3 is 19.4 Å².